The van der Waals surface area contributed by atoms with Crippen LogP contribution in [0.25, 0.3) is 10.2 Å². The van der Waals surface area contributed by atoms with E-state index in [9.17, 15) is 9.59 Å². The quantitative estimate of drug-likeness (QED) is 0.611. The zero-order chi connectivity index (χ0) is 21.1. The normalized spacial score (nSPS) is 14.0. The molecule has 8 heteroatoms. The van der Waals surface area contributed by atoms with Gasteiger partial charge in [-0.1, -0.05) is 0 Å². The van der Waals surface area contributed by atoms with Crippen LogP contribution in [0.15, 0.2) is 30.6 Å². The Bertz CT molecular complexity index is 1070. The summed E-state index contributed by atoms with van der Waals surface area (Å²) in [5.41, 5.74) is 1.68. The van der Waals surface area contributed by atoms with E-state index >= 15 is 0 Å². The van der Waals surface area contributed by atoms with Gasteiger partial charge in [0.25, 0.3) is 5.91 Å². The first-order valence-corrected chi connectivity index (χ1v) is 11.0. The first-order valence-electron chi connectivity index (χ1n) is 10.2. The fourth-order valence-electron chi connectivity index (χ4n) is 3.75. The van der Waals surface area contributed by atoms with E-state index in [0.29, 0.717) is 23.4 Å². The van der Waals surface area contributed by atoms with Gasteiger partial charge in [-0.3, -0.25) is 4.79 Å². The fraction of sp³-hybridized carbons (Fsp3) is 0.364. The average Bonchev–Trinajstić information content (AvgIpc) is 3.11. The van der Waals surface area contributed by atoms with Crippen molar-refractivity contribution in [1.82, 2.24) is 9.97 Å². The molecule has 0 unspecified atom stereocenters. The van der Waals surface area contributed by atoms with Gasteiger partial charge in [0.15, 0.2) is 0 Å². The number of fused-ring (bicyclic) bond motifs is 1. The molecule has 3 heterocycles. The minimum atomic E-state index is -0.377. The third-order valence-corrected chi connectivity index (χ3v) is 6.19. The van der Waals surface area contributed by atoms with Crippen molar-refractivity contribution in [1.29, 1.82) is 0 Å². The zero-order valence-electron chi connectivity index (χ0n) is 17.1. The number of carbonyl (C=O) groups is 2. The summed E-state index contributed by atoms with van der Waals surface area (Å²) in [5.74, 6) is 0.265. The number of esters is 1. The highest BCUT2D eigenvalue weighted by Gasteiger charge is 2.24. The topological polar surface area (TPSA) is 84.4 Å². The fourth-order valence-corrected chi connectivity index (χ4v) is 4.73. The number of nitrogens with zero attached hydrogens (tertiary/aromatic N) is 3. The molecular formula is C22H24N4O3S. The number of thiophene rings is 1. The molecule has 1 fully saturated rings. The number of carbonyl (C=O) groups excluding carboxylic acids is 2. The van der Waals surface area contributed by atoms with E-state index in [1.54, 1.807) is 37.5 Å². The maximum absolute atomic E-state index is 13.2. The predicted octanol–water partition coefficient (Wildman–Crippen LogP) is 4.42. The van der Waals surface area contributed by atoms with Crippen molar-refractivity contribution < 1.29 is 14.3 Å². The highest BCUT2D eigenvalue weighted by Crippen LogP contribution is 2.36. The van der Waals surface area contributed by atoms with Crippen molar-refractivity contribution in [3.05, 3.63) is 46.6 Å². The van der Waals surface area contributed by atoms with Gasteiger partial charge in [0.2, 0.25) is 0 Å². The molecule has 4 rings (SSSR count). The number of nitrogens with one attached hydrogen (secondary N) is 1. The largest absolute Gasteiger partial charge is 0.462 e. The van der Waals surface area contributed by atoms with Gasteiger partial charge in [-0.15, -0.1) is 11.3 Å². The number of aryl methyl sites for hydroxylation is 1. The van der Waals surface area contributed by atoms with Crippen molar-refractivity contribution >= 4 is 44.9 Å². The van der Waals surface area contributed by atoms with Gasteiger partial charge >= 0.3 is 5.97 Å². The standard InChI is InChI=1S/C22H24N4O3S/c1-3-29-22(28)15-7-9-16(10-8-15)25-20(27)17-14(2)30-21-18(17)19(23-13-24-21)26-11-5-4-6-12-26/h7-10,13H,3-6,11-12H2,1-2H3,(H,25,27). The maximum atomic E-state index is 13.2. The Hall–Kier alpha value is -3.00. The van der Waals surface area contributed by atoms with E-state index in [-0.39, 0.29) is 11.9 Å². The average molecular weight is 425 g/mol. The summed E-state index contributed by atoms with van der Waals surface area (Å²) in [6, 6.07) is 6.70. The van der Waals surface area contributed by atoms with Gasteiger partial charge in [0, 0.05) is 23.7 Å². The molecule has 1 aliphatic rings. The van der Waals surface area contributed by atoms with Gasteiger partial charge in [-0.05, 0) is 57.4 Å². The summed E-state index contributed by atoms with van der Waals surface area (Å²) < 4.78 is 5.00. The van der Waals surface area contributed by atoms with Crippen LogP contribution in [0.3, 0.4) is 0 Å². The Morgan fingerprint density at radius 3 is 2.57 bits per heavy atom. The van der Waals surface area contributed by atoms with Crippen LogP contribution >= 0.6 is 11.3 Å². The number of hydrogen-bond donors (Lipinski definition) is 1. The number of aromatic nitrogens is 2. The Morgan fingerprint density at radius 2 is 1.87 bits per heavy atom. The van der Waals surface area contributed by atoms with Gasteiger partial charge in [-0.2, -0.15) is 0 Å². The molecule has 0 radical (unpaired) electrons. The first kappa shape index (κ1) is 20.3. The second-order valence-electron chi connectivity index (χ2n) is 7.21. The molecule has 1 saturated heterocycles. The lowest BCUT2D eigenvalue weighted by Crippen LogP contribution is -2.30. The van der Waals surface area contributed by atoms with E-state index in [1.165, 1.54) is 17.8 Å². The van der Waals surface area contributed by atoms with Crippen LogP contribution in [-0.2, 0) is 4.74 Å². The van der Waals surface area contributed by atoms with Crippen LogP contribution in [0.4, 0.5) is 11.5 Å². The molecule has 1 aliphatic heterocycles. The Kier molecular flexibility index (Phi) is 5.94. The molecule has 30 heavy (non-hydrogen) atoms. The molecule has 0 saturated carbocycles. The van der Waals surface area contributed by atoms with E-state index in [0.717, 1.165) is 46.8 Å². The van der Waals surface area contributed by atoms with Crippen LogP contribution in [0.2, 0.25) is 0 Å². The van der Waals surface area contributed by atoms with Crippen molar-refractivity contribution in [3.8, 4) is 0 Å². The number of amides is 1. The predicted molar refractivity (Wildman–Crippen MR) is 119 cm³/mol. The molecule has 2 aromatic heterocycles. The number of benzene rings is 1. The third-order valence-electron chi connectivity index (χ3n) is 5.18. The lowest BCUT2D eigenvalue weighted by atomic mass is 10.1. The van der Waals surface area contributed by atoms with E-state index in [2.05, 4.69) is 20.2 Å². The van der Waals surface area contributed by atoms with Gasteiger partial charge in [0.05, 0.1) is 23.1 Å². The summed E-state index contributed by atoms with van der Waals surface area (Å²) in [5, 5.41) is 3.77. The number of rotatable bonds is 5. The highest BCUT2D eigenvalue weighted by molar-refractivity contribution is 7.19. The minimum absolute atomic E-state index is 0.198. The van der Waals surface area contributed by atoms with Crippen molar-refractivity contribution in [2.75, 3.05) is 29.9 Å². The number of piperidine rings is 1. The van der Waals surface area contributed by atoms with E-state index in [1.807, 2.05) is 6.92 Å². The lowest BCUT2D eigenvalue weighted by molar-refractivity contribution is 0.0526. The minimum Gasteiger partial charge on any atom is -0.462 e. The molecule has 1 amide bonds. The molecule has 1 N–H and O–H groups in total. The molecular weight excluding hydrogens is 400 g/mol. The van der Waals surface area contributed by atoms with Crippen LogP contribution in [0.1, 0.15) is 51.8 Å². The SMILES string of the molecule is CCOC(=O)c1ccc(NC(=O)c2c(C)sc3ncnc(N4CCCCC4)c23)cc1. The second kappa shape index (κ2) is 8.79. The van der Waals surface area contributed by atoms with Crippen LogP contribution in [0.5, 0.6) is 0 Å². The molecule has 1 aromatic carbocycles. The lowest BCUT2D eigenvalue weighted by Gasteiger charge is -2.28. The molecule has 0 bridgehead atoms. The zero-order valence-corrected chi connectivity index (χ0v) is 17.9. The number of ether oxygens (including phenoxy) is 1. The third kappa shape index (κ3) is 4.00. The van der Waals surface area contributed by atoms with Crippen molar-refractivity contribution in [2.45, 2.75) is 33.1 Å². The Balaban J connectivity index is 1.63. The Morgan fingerprint density at radius 1 is 1.13 bits per heavy atom. The second-order valence-corrected chi connectivity index (χ2v) is 8.41. The summed E-state index contributed by atoms with van der Waals surface area (Å²) in [4.78, 5) is 37.9. The van der Waals surface area contributed by atoms with Gasteiger partial charge < -0.3 is 15.0 Å². The number of hydrogen-bond acceptors (Lipinski definition) is 7. The maximum Gasteiger partial charge on any atom is 0.338 e. The summed E-state index contributed by atoms with van der Waals surface area (Å²) in [7, 11) is 0. The first-order chi connectivity index (χ1) is 14.6. The monoisotopic (exact) mass is 424 g/mol. The summed E-state index contributed by atoms with van der Waals surface area (Å²) in [6.45, 7) is 5.91. The molecule has 0 atom stereocenters. The molecule has 0 aliphatic carbocycles. The molecule has 156 valence electrons. The summed E-state index contributed by atoms with van der Waals surface area (Å²) in [6.07, 6.45) is 5.06. The van der Waals surface area contributed by atoms with E-state index < -0.39 is 0 Å². The molecule has 3 aromatic rings. The van der Waals surface area contributed by atoms with E-state index in [4.69, 9.17) is 4.74 Å². The summed E-state index contributed by atoms with van der Waals surface area (Å²) >= 11 is 1.51. The Labute approximate surface area is 179 Å². The number of anilines is 2. The van der Waals surface area contributed by atoms with Crippen LogP contribution in [0, 0.1) is 6.92 Å². The van der Waals surface area contributed by atoms with Crippen LogP contribution < -0.4 is 10.2 Å². The van der Waals surface area contributed by atoms with Crippen LogP contribution in [-0.4, -0.2) is 41.5 Å². The highest BCUT2D eigenvalue weighted by atomic mass is 32.1. The molecule has 7 nitrogen and oxygen atoms in total. The molecule has 0 spiro atoms. The van der Waals surface area contributed by atoms with Crippen molar-refractivity contribution in [2.24, 2.45) is 0 Å². The smallest absolute Gasteiger partial charge is 0.338 e. The van der Waals surface area contributed by atoms with Crippen molar-refractivity contribution in [3.63, 3.8) is 0 Å². The van der Waals surface area contributed by atoms with Gasteiger partial charge in [0.1, 0.15) is 17.0 Å². The van der Waals surface area contributed by atoms with Gasteiger partial charge in [-0.25, -0.2) is 14.8 Å².